The summed E-state index contributed by atoms with van der Waals surface area (Å²) in [6.07, 6.45) is 0.623. The molecule has 0 aromatic rings. The maximum absolute atomic E-state index is 13.1. The van der Waals surface area contributed by atoms with Crippen LogP contribution in [0.3, 0.4) is 0 Å². The maximum atomic E-state index is 13.1. The van der Waals surface area contributed by atoms with E-state index in [0.29, 0.717) is 19.4 Å². The highest BCUT2D eigenvalue weighted by molar-refractivity contribution is 5.92. The molecule has 0 spiro atoms. The number of aliphatic hydroxyl groups excluding tert-OH is 1. The summed E-state index contributed by atoms with van der Waals surface area (Å²) >= 11 is 0. The number of ether oxygens (including phenoxy) is 1. The monoisotopic (exact) mass is 399 g/mol. The van der Waals surface area contributed by atoms with Crippen LogP contribution in [0.4, 0.5) is 4.79 Å². The van der Waals surface area contributed by atoms with Crippen LogP contribution >= 0.6 is 0 Å². The van der Waals surface area contributed by atoms with Gasteiger partial charge in [0.2, 0.25) is 11.8 Å². The molecule has 3 N–H and O–H groups in total. The normalized spacial score (nSPS) is 19.5. The third-order valence-electron chi connectivity index (χ3n) is 4.77. The van der Waals surface area contributed by atoms with Crippen LogP contribution < -0.4 is 10.6 Å². The lowest BCUT2D eigenvalue weighted by atomic mass is 10.0. The van der Waals surface area contributed by atoms with E-state index in [1.165, 1.54) is 4.90 Å². The number of alkyl carbamates (subject to hydrolysis) is 1. The number of rotatable bonds is 7. The molecule has 1 aliphatic rings. The van der Waals surface area contributed by atoms with Crippen molar-refractivity contribution in [2.45, 2.75) is 85.0 Å². The zero-order valence-corrected chi connectivity index (χ0v) is 18.2. The molecule has 0 aliphatic carbocycles. The third-order valence-corrected chi connectivity index (χ3v) is 4.77. The molecule has 1 fully saturated rings. The van der Waals surface area contributed by atoms with E-state index in [0.717, 1.165) is 0 Å². The first-order valence-electron chi connectivity index (χ1n) is 10.1. The molecule has 1 saturated heterocycles. The second-order valence-electron chi connectivity index (χ2n) is 9.10. The fourth-order valence-corrected chi connectivity index (χ4v) is 3.13. The van der Waals surface area contributed by atoms with Gasteiger partial charge in [0.1, 0.15) is 17.7 Å². The average molecular weight is 400 g/mol. The summed E-state index contributed by atoms with van der Waals surface area (Å²) in [6, 6.07) is -1.73. The molecular weight excluding hydrogens is 362 g/mol. The van der Waals surface area contributed by atoms with Crippen LogP contribution in [0.25, 0.3) is 0 Å². The quantitative estimate of drug-likeness (QED) is 0.603. The molecule has 0 radical (unpaired) electrons. The van der Waals surface area contributed by atoms with Gasteiger partial charge in [-0.05, 0) is 45.4 Å². The second kappa shape index (κ2) is 10.1. The van der Waals surface area contributed by atoms with Crippen LogP contribution in [0.15, 0.2) is 0 Å². The lowest BCUT2D eigenvalue weighted by Gasteiger charge is -2.32. The Morgan fingerprint density at radius 1 is 1.11 bits per heavy atom. The molecule has 0 saturated carbocycles. The zero-order valence-electron chi connectivity index (χ0n) is 18.2. The predicted molar refractivity (Wildman–Crippen MR) is 107 cm³/mol. The highest BCUT2D eigenvalue weighted by Gasteiger charge is 2.39. The smallest absolute Gasteiger partial charge is 0.408 e. The van der Waals surface area contributed by atoms with Gasteiger partial charge < -0.3 is 25.4 Å². The minimum atomic E-state index is -0.776. The highest BCUT2D eigenvalue weighted by atomic mass is 16.6. The molecule has 1 aliphatic heterocycles. The lowest BCUT2D eigenvalue weighted by molar-refractivity contribution is -0.141. The lowest BCUT2D eigenvalue weighted by Crippen LogP contribution is -2.57. The Morgan fingerprint density at radius 3 is 2.18 bits per heavy atom. The first-order valence-corrected chi connectivity index (χ1v) is 10.1. The molecule has 1 unspecified atom stereocenters. The first-order chi connectivity index (χ1) is 12.9. The van der Waals surface area contributed by atoms with Crippen molar-refractivity contribution in [3.8, 4) is 0 Å². The molecule has 162 valence electrons. The minimum Gasteiger partial charge on any atom is -0.444 e. The fourth-order valence-electron chi connectivity index (χ4n) is 3.13. The number of amides is 3. The number of hydrogen-bond donors (Lipinski definition) is 3. The van der Waals surface area contributed by atoms with Crippen molar-refractivity contribution in [2.24, 2.45) is 11.8 Å². The highest BCUT2D eigenvalue weighted by Crippen LogP contribution is 2.21. The number of likely N-dealkylation sites (tertiary alicyclic amines) is 1. The van der Waals surface area contributed by atoms with Crippen LogP contribution in [0.5, 0.6) is 0 Å². The van der Waals surface area contributed by atoms with Crippen LogP contribution in [0, 0.1) is 11.8 Å². The van der Waals surface area contributed by atoms with Crippen LogP contribution in [0.1, 0.15) is 61.3 Å². The van der Waals surface area contributed by atoms with Crippen LogP contribution in [-0.4, -0.2) is 64.8 Å². The Balaban J connectivity index is 2.87. The molecule has 8 nitrogen and oxygen atoms in total. The van der Waals surface area contributed by atoms with Gasteiger partial charge in [-0.3, -0.25) is 9.59 Å². The number of nitrogens with zero attached hydrogens (tertiary/aromatic N) is 1. The Kier molecular flexibility index (Phi) is 8.73. The van der Waals surface area contributed by atoms with Crippen molar-refractivity contribution in [1.82, 2.24) is 15.5 Å². The Labute approximate surface area is 168 Å². The van der Waals surface area contributed by atoms with E-state index in [-0.39, 0.29) is 36.3 Å². The summed E-state index contributed by atoms with van der Waals surface area (Å²) in [5, 5.41) is 15.0. The molecule has 1 rings (SSSR count). The molecule has 0 aromatic heterocycles. The number of nitrogens with one attached hydrogen (secondary N) is 2. The zero-order chi connectivity index (χ0) is 21.6. The van der Waals surface area contributed by atoms with Crippen molar-refractivity contribution in [2.75, 3.05) is 13.2 Å². The average Bonchev–Trinajstić information content (AvgIpc) is 3.04. The summed E-state index contributed by atoms with van der Waals surface area (Å²) in [7, 11) is 0. The largest absolute Gasteiger partial charge is 0.444 e. The van der Waals surface area contributed by atoms with Crippen molar-refractivity contribution >= 4 is 17.9 Å². The molecular formula is C20H37N3O5. The van der Waals surface area contributed by atoms with E-state index in [4.69, 9.17) is 4.74 Å². The SMILES string of the molecule is CC(C)C(CO)NC(=O)[C@@H]1CCCN1C(=O)[C@@H](NC(=O)OC(C)(C)C)C(C)C. The molecule has 1 heterocycles. The summed E-state index contributed by atoms with van der Waals surface area (Å²) in [6.45, 7) is 13.1. The summed E-state index contributed by atoms with van der Waals surface area (Å²) in [5.74, 6) is -0.635. The van der Waals surface area contributed by atoms with Crippen molar-refractivity contribution in [3.63, 3.8) is 0 Å². The summed E-state index contributed by atoms with van der Waals surface area (Å²) in [5.41, 5.74) is -0.666. The molecule has 0 bridgehead atoms. The van der Waals surface area contributed by atoms with Crippen molar-refractivity contribution in [3.05, 3.63) is 0 Å². The van der Waals surface area contributed by atoms with E-state index in [9.17, 15) is 19.5 Å². The standard InChI is InChI=1S/C20H37N3O5/c1-12(2)14(11-24)21-17(25)15-9-8-10-23(15)18(26)16(13(3)4)22-19(27)28-20(5,6)7/h12-16,24H,8-11H2,1-7H3,(H,21,25)(H,22,27)/t14?,15-,16-/m0/s1. The van der Waals surface area contributed by atoms with Crippen LogP contribution in [-0.2, 0) is 14.3 Å². The van der Waals surface area contributed by atoms with Gasteiger partial charge >= 0.3 is 6.09 Å². The van der Waals surface area contributed by atoms with Gasteiger partial charge in [-0.25, -0.2) is 4.79 Å². The predicted octanol–water partition coefficient (Wildman–Crippen LogP) is 1.66. The fraction of sp³-hybridized carbons (Fsp3) is 0.850. The topological polar surface area (TPSA) is 108 Å². The minimum absolute atomic E-state index is 0.0803. The van der Waals surface area contributed by atoms with E-state index < -0.39 is 23.8 Å². The van der Waals surface area contributed by atoms with Gasteiger partial charge in [-0.1, -0.05) is 27.7 Å². The summed E-state index contributed by atoms with van der Waals surface area (Å²) < 4.78 is 5.27. The van der Waals surface area contributed by atoms with Gasteiger partial charge in [0, 0.05) is 6.54 Å². The van der Waals surface area contributed by atoms with Crippen molar-refractivity contribution < 1.29 is 24.2 Å². The van der Waals surface area contributed by atoms with Gasteiger partial charge in [0.15, 0.2) is 0 Å². The van der Waals surface area contributed by atoms with Gasteiger partial charge in [0.25, 0.3) is 0 Å². The van der Waals surface area contributed by atoms with Crippen molar-refractivity contribution in [1.29, 1.82) is 0 Å². The van der Waals surface area contributed by atoms with Gasteiger partial charge in [-0.2, -0.15) is 0 Å². The number of hydrogen-bond acceptors (Lipinski definition) is 5. The Hall–Kier alpha value is -1.83. The van der Waals surface area contributed by atoms with Crippen LogP contribution in [0.2, 0.25) is 0 Å². The first kappa shape index (κ1) is 24.2. The van der Waals surface area contributed by atoms with E-state index in [2.05, 4.69) is 10.6 Å². The molecule has 3 atom stereocenters. The molecule has 28 heavy (non-hydrogen) atoms. The van der Waals surface area contributed by atoms with Gasteiger partial charge in [0.05, 0.1) is 12.6 Å². The maximum Gasteiger partial charge on any atom is 0.408 e. The third kappa shape index (κ3) is 6.96. The van der Waals surface area contributed by atoms with Gasteiger partial charge in [-0.15, -0.1) is 0 Å². The second-order valence-corrected chi connectivity index (χ2v) is 9.10. The van der Waals surface area contributed by atoms with E-state index >= 15 is 0 Å². The summed E-state index contributed by atoms with van der Waals surface area (Å²) in [4.78, 5) is 39.5. The van der Waals surface area contributed by atoms with E-state index in [1.54, 1.807) is 20.8 Å². The Morgan fingerprint density at radius 2 is 1.71 bits per heavy atom. The molecule has 3 amide bonds. The molecule has 8 heteroatoms. The Bertz CT molecular complexity index is 557. The number of carbonyl (C=O) groups is 3. The van der Waals surface area contributed by atoms with E-state index in [1.807, 2.05) is 27.7 Å². The number of aliphatic hydroxyl groups is 1. The number of carbonyl (C=O) groups excluding carboxylic acids is 3. The molecule has 0 aromatic carbocycles.